The minimum absolute atomic E-state index is 0.0796. The third-order valence-corrected chi connectivity index (χ3v) is 3.96. The van der Waals surface area contributed by atoms with Crippen LogP contribution in [0.5, 0.6) is 0 Å². The quantitative estimate of drug-likeness (QED) is 0.703. The van der Waals surface area contributed by atoms with E-state index in [0.717, 1.165) is 35.8 Å². The van der Waals surface area contributed by atoms with Gasteiger partial charge >= 0.3 is 0 Å². The van der Waals surface area contributed by atoms with E-state index in [-0.39, 0.29) is 5.91 Å². The van der Waals surface area contributed by atoms with Crippen LogP contribution in [-0.4, -0.2) is 24.4 Å². The molecule has 1 amide bonds. The minimum atomic E-state index is 0.0796. The summed E-state index contributed by atoms with van der Waals surface area (Å²) in [7, 11) is 1.87. The Hall–Kier alpha value is -1.61. The Morgan fingerprint density at radius 2 is 1.81 bits per heavy atom. The maximum Gasteiger partial charge on any atom is 0.253 e. The Morgan fingerprint density at radius 3 is 2.52 bits per heavy atom. The molecule has 21 heavy (non-hydrogen) atoms. The minimum Gasteiger partial charge on any atom is -0.342 e. The molecule has 3 heteroatoms. The Morgan fingerprint density at radius 1 is 1.05 bits per heavy atom. The van der Waals surface area contributed by atoms with E-state index in [1.165, 1.54) is 5.56 Å². The number of aryl methyl sites for hydroxylation is 1. The molecule has 0 saturated heterocycles. The SMILES string of the molecule is CN(CCCCc1ccccc1)C(=O)c1cccc(Br)c1. The first-order valence-electron chi connectivity index (χ1n) is 7.22. The molecule has 0 spiro atoms. The van der Waals surface area contributed by atoms with Gasteiger partial charge < -0.3 is 4.90 Å². The van der Waals surface area contributed by atoms with Crippen LogP contribution in [0.2, 0.25) is 0 Å². The number of hydrogen-bond acceptors (Lipinski definition) is 1. The summed E-state index contributed by atoms with van der Waals surface area (Å²) in [5.74, 6) is 0.0796. The molecule has 0 aliphatic rings. The number of nitrogens with zero attached hydrogens (tertiary/aromatic N) is 1. The fourth-order valence-corrected chi connectivity index (χ4v) is 2.67. The predicted octanol–water partition coefficient (Wildman–Crippen LogP) is 4.54. The summed E-state index contributed by atoms with van der Waals surface area (Å²) >= 11 is 3.40. The number of hydrogen-bond donors (Lipinski definition) is 0. The number of amides is 1. The standard InChI is InChI=1S/C18H20BrNO/c1-20(18(21)16-11-7-12-17(19)14-16)13-6-5-10-15-8-3-2-4-9-15/h2-4,7-9,11-12,14H,5-6,10,13H2,1H3. The van der Waals surface area contributed by atoms with E-state index >= 15 is 0 Å². The third-order valence-electron chi connectivity index (χ3n) is 3.47. The van der Waals surface area contributed by atoms with E-state index in [0.29, 0.717) is 0 Å². The first-order chi connectivity index (χ1) is 10.2. The molecule has 2 nitrogen and oxygen atoms in total. The molecular formula is C18H20BrNO. The molecule has 0 aliphatic carbocycles. The highest BCUT2D eigenvalue weighted by Gasteiger charge is 2.11. The van der Waals surface area contributed by atoms with Crippen LogP contribution in [0.3, 0.4) is 0 Å². The van der Waals surface area contributed by atoms with Gasteiger partial charge in [-0.25, -0.2) is 0 Å². The highest BCUT2D eigenvalue weighted by molar-refractivity contribution is 9.10. The zero-order chi connectivity index (χ0) is 15.1. The van der Waals surface area contributed by atoms with Gasteiger partial charge in [-0.1, -0.05) is 52.3 Å². The Labute approximate surface area is 134 Å². The van der Waals surface area contributed by atoms with Crippen molar-refractivity contribution in [1.82, 2.24) is 4.90 Å². The van der Waals surface area contributed by atoms with Gasteiger partial charge in [-0.05, 0) is 43.0 Å². The topological polar surface area (TPSA) is 20.3 Å². The Balaban J connectivity index is 1.76. The van der Waals surface area contributed by atoms with E-state index in [2.05, 4.69) is 40.2 Å². The summed E-state index contributed by atoms with van der Waals surface area (Å²) in [6.07, 6.45) is 3.19. The van der Waals surface area contributed by atoms with Crippen LogP contribution >= 0.6 is 15.9 Å². The summed E-state index contributed by atoms with van der Waals surface area (Å²) in [6.45, 7) is 0.790. The molecule has 0 aliphatic heterocycles. The van der Waals surface area contributed by atoms with Crippen LogP contribution in [0.25, 0.3) is 0 Å². The highest BCUT2D eigenvalue weighted by atomic mass is 79.9. The molecule has 110 valence electrons. The van der Waals surface area contributed by atoms with E-state index in [1.807, 2.05) is 37.4 Å². The Bertz CT molecular complexity index is 583. The second kappa shape index (κ2) is 7.99. The lowest BCUT2D eigenvalue weighted by atomic mass is 10.1. The average Bonchev–Trinajstić information content (AvgIpc) is 2.51. The second-order valence-electron chi connectivity index (χ2n) is 5.18. The molecule has 0 heterocycles. The van der Waals surface area contributed by atoms with Crippen LogP contribution in [-0.2, 0) is 6.42 Å². The van der Waals surface area contributed by atoms with E-state index in [4.69, 9.17) is 0 Å². The third kappa shape index (κ3) is 5.01. The van der Waals surface area contributed by atoms with Crippen molar-refractivity contribution in [2.45, 2.75) is 19.3 Å². The van der Waals surface area contributed by atoms with Gasteiger partial charge in [0.05, 0.1) is 0 Å². The second-order valence-corrected chi connectivity index (χ2v) is 6.10. The van der Waals surface area contributed by atoms with E-state index in [9.17, 15) is 4.79 Å². The monoisotopic (exact) mass is 345 g/mol. The van der Waals surface area contributed by atoms with E-state index < -0.39 is 0 Å². The summed E-state index contributed by atoms with van der Waals surface area (Å²) in [5.41, 5.74) is 2.09. The molecule has 0 unspecified atom stereocenters. The van der Waals surface area contributed by atoms with Crippen LogP contribution < -0.4 is 0 Å². The largest absolute Gasteiger partial charge is 0.342 e. The van der Waals surface area contributed by atoms with Crippen molar-refractivity contribution in [3.63, 3.8) is 0 Å². The molecule has 0 atom stereocenters. The molecule has 0 fully saturated rings. The lowest BCUT2D eigenvalue weighted by Gasteiger charge is -2.17. The molecule has 2 aromatic rings. The average molecular weight is 346 g/mol. The van der Waals surface area contributed by atoms with Crippen molar-refractivity contribution in [3.8, 4) is 0 Å². The van der Waals surface area contributed by atoms with Crippen molar-refractivity contribution < 1.29 is 4.79 Å². The molecule has 0 N–H and O–H groups in total. The zero-order valence-corrected chi connectivity index (χ0v) is 13.8. The number of carbonyl (C=O) groups is 1. The summed E-state index contributed by atoms with van der Waals surface area (Å²) in [6, 6.07) is 18.0. The maximum absolute atomic E-state index is 12.3. The van der Waals surface area contributed by atoms with Gasteiger partial charge in [-0.15, -0.1) is 0 Å². The van der Waals surface area contributed by atoms with Crippen molar-refractivity contribution in [2.24, 2.45) is 0 Å². The smallest absolute Gasteiger partial charge is 0.253 e. The van der Waals surface area contributed by atoms with Gasteiger partial charge in [0.2, 0.25) is 0 Å². The first kappa shape index (κ1) is 15.8. The predicted molar refractivity (Wildman–Crippen MR) is 90.5 cm³/mol. The molecule has 2 aromatic carbocycles. The highest BCUT2D eigenvalue weighted by Crippen LogP contribution is 2.13. The zero-order valence-electron chi connectivity index (χ0n) is 12.3. The van der Waals surface area contributed by atoms with E-state index in [1.54, 1.807) is 4.90 Å². The maximum atomic E-state index is 12.3. The molecule has 0 bridgehead atoms. The number of carbonyl (C=O) groups excluding carboxylic acids is 1. The van der Waals surface area contributed by atoms with Gasteiger partial charge in [-0.2, -0.15) is 0 Å². The van der Waals surface area contributed by atoms with Gasteiger partial charge in [0.25, 0.3) is 5.91 Å². The lowest BCUT2D eigenvalue weighted by molar-refractivity contribution is 0.0793. The normalized spacial score (nSPS) is 10.4. The summed E-state index contributed by atoms with van der Waals surface area (Å²) in [4.78, 5) is 14.1. The van der Waals surface area contributed by atoms with Crippen molar-refractivity contribution >= 4 is 21.8 Å². The van der Waals surface area contributed by atoms with Gasteiger partial charge in [0, 0.05) is 23.6 Å². The molecule has 0 saturated carbocycles. The number of unbranched alkanes of at least 4 members (excludes halogenated alkanes) is 1. The van der Waals surface area contributed by atoms with Crippen molar-refractivity contribution in [3.05, 3.63) is 70.2 Å². The fourth-order valence-electron chi connectivity index (χ4n) is 2.27. The molecule has 2 rings (SSSR count). The van der Waals surface area contributed by atoms with Crippen molar-refractivity contribution in [2.75, 3.05) is 13.6 Å². The number of rotatable bonds is 6. The van der Waals surface area contributed by atoms with Gasteiger partial charge in [0.1, 0.15) is 0 Å². The molecule has 0 radical (unpaired) electrons. The summed E-state index contributed by atoms with van der Waals surface area (Å²) in [5, 5.41) is 0. The van der Waals surface area contributed by atoms with Crippen LogP contribution in [0, 0.1) is 0 Å². The van der Waals surface area contributed by atoms with Crippen molar-refractivity contribution in [1.29, 1.82) is 0 Å². The number of halogens is 1. The Kier molecular flexibility index (Phi) is 6.00. The van der Waals surface area contributed by atoms with Gasteiger partial charge in [0.15, 0.2) is 0 Å². The van der Waals surface area contributed by atoms with Crippen LogP contribution in [0.4, 0.5) is 0 Å². The molecule has 0 aromatic heterocycles. The number of benzene rings is 2. The molecular weight excluding hydrogens is 326 g/mol. The fraction of sp³-hybridized carbons (Fsp3) is 0.278. The van der Waals surface area contributed by atoms with Gasteiger partial charge in [-0.3, -0.25) is 4.79 Å². The van der Waals surface area contributed by atoms with Crippen LogP contribution in [0.1, 0.15) is 28.8 Å². The lowest BCUT2D eigenvalue weighted by Crippen LogP contribution is -2.27. The summed E-state index contributed by atoms with van der Waals surface area (Å²) < 4.78 is 0.936. The first-order valence-corrected chi connectivity index (χ1v) is 8.01. The van der Waals surface area contributed by atoms with Crippen LogP contribution in [0.15, 0.2) is 59.1 Å².